The Morgan fingerprint density at radius 3 is 2.85 bits per heavy atom. The van der Waals surface area contributed by atoms with Crippen molar-refractivity contribution in [2.24, 2.45) is 0 Å². The number of anilines is 1. The van der Waals surface area contributed by atoms with Gasteiger partial charge in [-0.3, -0.25) is 0 Å². The molecule has 0 N–H and O–H groups in total. The highest BCUT2D eigenvalue weighted by molar-refractivity contribution is 7.09. The number of ether oxygens (including phenoxy) is 1. The fourth-order valence-corrected chi connectivity index (χ4v) is 3.26. The van der Waals surface area contributed by atoms with Gasteiger partial charge in [-0.1, -0.05) is 37.3 Å². The second-order valence-corrected chi connectivity index (χ2v) is 5.81. The molecule has 3 rings (SSSR count). The summed E-state index contributed by atoms with van der Waals surface area (Å²) in [5.74, 6) is 0.931. The molecule has 0 aliphatic carbocycles. The first-order valence-electron chi connectivity index (χ1n) is 7.03. The normalized spacial score (nSPS) is 23.0. The highest BCUT2D eigenvalue weighted by Crippen LogP contribution is 2.29. The Hall–Kier alpha value is -1.46. The number of morpholine rings is 1. The number of benzene rings is 1. The second kappa shape index (κ2) is 5.89. The van der Waals surface area contributed by atoms with Gasteiger partial charge in [0.2, 0.25) is 5.13 Å². The van der Waals surface area contributed by atoms with Crippen LogP contribution >= 0.6 is 11.5 Å². The van der Waals surface area contributed by atoms with Crippen molar-refractivity contribution in [3.8, 4) is 0 Å². The number of rotatable bonds is 3. The van der Waals surface area contributed by atoms with Gasteiger partial charge in [-0.05, 0) is 12.5 Å². The molecule has 0 unspecified atom stereocenters. The van der Waals surface area contributed by atoms with Crippen molar-refractivity contribution < 1.29 is 4.74 Å². The molecule has 1 saturated heterocycles. The largest absolute Gasteiger partial charge is 0.370 e. The lowest BCUT2D eigenvalue weighted by atomic mass is 10.1. The average Bonchev–Trinajstić information content (AvgIpc) is 2.97. The lowest BCUT2D eigenvalue weighted by molar-refractivity contribution is 0.0215. The predicted molar refractivity (Wildman–Crippen MR) is 81.2 cm³/mol. The molecule has 5 heteroatoms. The molecular formula is C15H19N3OS. The zero-order valence-electron chi connectivity index (χ0n) is 11.8. The molecule has 1 aliphatic heterocycles. The van der Waals surface area contributed by atoms with E-state index in [1.807, 2.05) is 6.07 Å². The van der Waals surface area contributed by atoms with Crippen molar-refractivity contribution in [2.75, 3.05) is 18.1 Å². The molecule has 0 bridgehead atoms. The van der Waals surface area contributed by atoms with Gasteiger partial charge in [0.25, 0.3) is 0 Å². The van der Waals surface area contributed by atoms with Gasteiger partial charge in [0, 0.05) is 18.0 Å². The Balaban J connectivity index is 1.80. The third kappa shape index (κ3) is 2.69. The summed E-state index contributed by atoms with van der Waals surface area (Å²) in [7, 11) is 0. The Bertz CT molecular complexity index is 557. The Morgan fingerprint density at radius 1 is 1.35 bits per heavy atom. The van der Waals surface area contributed by atoms with E-state index in [4.69, 9.17) is 4.74 Å². The zero-order valence-corrected chi connectivity index (χ0v) is 12.6. The quantitative estimate of drug-likeness (QED) is 0.870. The Morgan fingerprint density at radius 2 is 2.15 bits per heavy atom. The molecule has 0 radical (unpaired) electrons. The van der Waals surface area contributed by atoms with E-state index < -0.39 is 0 Å². The first-order chi connectivity index (χ1) is 9.78. The second-order valence-electron chi connectivity index (χ2n) is 5.08. The van der Waals surface area contributed by atoms with Gasteiger partial charge >= 0.3 is 0 Å². The number of aryl methyl sites for hydroxylation is 1. The van der Waals surface area contributed by atoms with E-state index in [-0.39, 0.29) is 6.10 Å². The summed E-state index contributed by atoms with van der Waals surface area (Å²) >= 11 is 1.49. The molecule has 4 nitrogen and oxygen atoms in total. The Kier molecular flexibility index (Phi) is 3.98. The van der Waals surface area contributed by atoms with Gasteiger partial charge in [0.05, 0.1) is 19.2 Å². The SMILES string of the molecule is CCc1nsc(N2C[C@H](c3ccccc3)OC[C@H]2C)n1. The van der Waals surface area contributed by atoms with E-state index in [0.29, 0.717) is 6.04 Å². The van der Waals surface area contributed by atoms with Crippen LogP contribution in [0.25, 0.3) is 0 Å². The van der Waals surface area contributed by atoms with Crippen LogP contribution < -0.4 is 4.90 Å². The van der Waals surface area contributed by atoms with Crippen LogP contribution in [0, 0.1) is 0 Å². The molecule has 20 heavy (non-hydrogen) atoms. The standard InChI is InChI=1S/C15H19N3OS/c1-3-14-16-15(20-17-14)18-9-13(19-10-11(18)2)12-7-5-4-6-8-12/h4-8,11,13H,3,9-10H2,1-2H3/t11-,13-/m1/s1. The van der Waals surface area contributed by atoms with Gasteiger partial charge in [0.1, 0.15) is 11.9 Å². The molecule has 0 spiro atoms. The van der Waals surface area contributed by atoms with Gasteiger partial charge in [-0.2, -0.15) is 4.37 Å². The van der Waals surface area contributed by atoms with Crippen molar-refractivity contribution in [1.82, 2.24) is 9.36 Å². The highest BCUT2D eigenvalue weighted by atomic mass is 32.1. The van der Waals surface area contributed by atoms with Crippen LogP contribution in [0.5, 0.6) is 0 Å². The number of aromatic nitrogens is 2. The van der Waals surface area contributed by atoms with E-state index in [9.17, 15) is 0 Å². The number of nitrogens with zero attached hydrogens (tertiary/aromatic N) is 3. The van der Waals surface area contributed by atoms with Gasteiger partial charge in [0.15, 0.2) is 0 Å². The maximum Gasteiger partial charge on any atom is 0.205 e. The monoisotopic (exact) mass is 289 g/mol. The molecule has 106 valence electrons. The fourth-order valence-electron chi connectivity index (χ4n) is 2.40. The van der Waals surface area contributed by atoms with Crippen LogP contribution in [0.4, 0.5) is 5.13 Å². The van der Waals surface area contributed by atoms with E-state index in [1.54, 1.807) is 0 Å². The third-order valence-electron chi connectivity index (χ3n) is 3.62. The summed E-state index contributed by atoms with van der Waals surface area (Å²) in [5, 5.41) is 1.01. The molecule has 1 fully saturated rings. The molecular weight excluding hydrogens is 270 g/mol. The van der Waals surface area contributed by atoms with Crippen LogP contribution in [0.15, 0.2) is 30.3 Å². The van der Waals surface area contributed by atoms with E-state index in [2.05, 4.69) is 52.4 Å². The predicted octanol–water partition coefficient (Wildman–Crippen LogP) is 3.07. The molecule has 2 heterocycles. The van der Waals surface area contributed by atoms with Gasteiger partial charge in [-0.15, -0.1) is 0 Å². The van der Waals surface area contributed by atoms with Crippen molar-refractivity contribution in [2.45, 2.75) is 32.4 Å². The zero-order chi connectivity index (χ0) is 13.9. The minimum absolute atomic E-state index is 0.112. The van der Waals surface area contributed by atoms with Crippen LogP contribution in [-0.4, -0.2) is 28.6 Å². The summed E-state index contributed by atoms with van der Waals surface area (Å²) in [6, 6.07) is 10.7. The summed E-state index contributed by atoms with van der Waals surface area (Å²) in [5.41, 5.74) is 1.23. The van der Waals surface area contributed by atoms with E-state index in [0.717, 1.165) is 30.5 Å². The van der Waals surface area contributed by atoms with Crippen molar-refractivity contribution in [3.05, 3.63) is 41.7 Å². The molecule has 1 aliphatic rings. The number of hydrogen-bond donors (Lipinski definition) is 0. The van der Waals surface area contributed by atoms with Crippen molar-refractivity contribution in [3.63, 3.8) is 0 Å². The van der Waals surface area contributed by atoms with E-state index >= 15 is 0 Å². The molecule has 2 aromatic rings. The third-order valence-corrected chi connectivity index (χ3v) is 4.41. The first-order valence-corrected chi connectivity index (χ1v) is 7.81. The van der Waals surface area contributed by atoms with Crippen LogP contribution in [-0.2, 0) is 11.2 Å². The van der Waals surface area contributed by atoms with Crippen LogP contribution in [0.2, 0.25) is 0 Å². The van der Waals surface area contributed by atoms with Gasteiger partial charge in [-0.25, -0.2) is 4.98 Å². The lowest BCUT2D eigenvalue weighted by Gasteiger charge is -2.37. The average molecular weight is 289 g/mol. The van der Waals surface area contributed by atoms with Crippen LogP contribution in [0.1, 0.15) is 31.3 Å². The summed E-state index contributed by atoms with van der Waals surface area (Å²) in [4.78, 5) is 6.93. The smallest absolute Gasteiger partial charge is 0.205 e. The molecule has 1 aromatic heterocycles. The van der Waals surface area contributed by atoms with Gasteiger partial charge < -0.3 is 9.64 Å². The molecule has 1 aromatic carbocycles. The lowest BCUT2D eigenvalue weighted by Crippen LogP contribution is -2.45. The molecule has 0 amide bonds. The Labute approximate surface area is 123 Å². The van der Waals surface area contributed by atoms with Crippen molar-refractivity contribution >= 4 is 16.7 Å². The summed E-state index contributed by atoms with van der Waals surface area (Å²) in [6.45, 7) is 5.82. The summed E-state index contributed by atoms with van der Waals surface area (Å²) in [6.07, 6.45) is 0.999. The fraction of sp³-hybridized carbons (Fsp3) is 0.467. The molecule has 0 saturated carbocycles. The minimum Gasteiger partial charge on any atom is -0.370 e. The highest BCUT2D eigenvalue weighted by Gasteiger charge is 2.29. The maximum absolute atomic E-state index is 5.98. The van der Waals surface area contributed by atoms with Crippen molar-refractivity contribution in [1.29, 1.82) is 0 Å². The number of hydrogen-bond acceptors (Lipinski definition) is 5. The first kappa shape index (κ1) is 13.5. The summed E-state index contributed by atoms with van der Waals surface area (Å²) < 4.78 is 10.4. The molecule has 2 atom stereocenters. The topological polar surface area (TPSA) is 38.2 Å². The van der Waals surface area contributed by atoms with E-state index in [1.165, 1.54) is 17.1 Å². The minimum atomic E-state index is 0.112. The maximum atomic E-state index is 5.98. The van der Waals surface area contributed by atoms with Crippen LogP contribution in [0.3, 0.4) is 0 Å².